The molecule has 0 unspecified atom stereocenters. The second kappa shape index (κ2) is 5.12. The van der Waals surface area contributed by atoms with Gasteiger partial charge in [-0.05, 0) is 29.8 Å². The SMILES string of the molecule is O=[N+]([O-])C=Cc1ccc(-c2cccc(Cl)c2)s1. The second-order valence-corrected chi connectivity index (χ2v) is 4.87. The van der Waals surface area contributed by atoms with E-state index < -0.39 is 4.92 Å². The van der Waals surface area contributed by atoms with E-state index in [1.54, 1.807) is 0 Å². The lowest BCUT2D eigenvalue weighted by Gasteiger charge is -1.96. The minimum absolute atomic E-state index is 0.473. The summed E-state index contributed by atoms with van der Waals surface area (Å²) in [6.07, 6.45) is 2.42. The van der Waals surface area contributed by atoms with Crippen molar-refractivity contribution in [3.63, 3.8) is 0 Å². The third kappa shape index (κ3) is 3.15. The maximum absolute atomic E-state index is 10.2. The summed E-state index contributed by atoms with van der Waals surface area (Å²) >= 11 is 7.39. The quantitative estimate of drug-likeness (QED) is 0.613. The minimum atomic E-state index is -0.473. The monoisotopic (exact) mass is 265 g/mol. The lowest BCUT2D eigenvalue weighted by Crippen LogP contribution is -1.80. The van der Waals surface area contributed by atoms with Gasteiger partial charge in [-0.1, -0.05) is 23.7 Å². The Morgan fingerprint density at radius 1 is 1.29 bits per heavy atom. The number of hydrogen-bond acceptors (Lipinski definition) is 3. The van der Waals surface area contributed by atoms with Gasteiger partial charge >= 0.3 is 0 Å². The number of rotatable bonds is 3. The first kappa shape index (κ1) is 11.8. The van der Waals surface area contributed by atoms with Gasteiger partial charge in [0.15, 0.2) is 0 Å². The molecule has 0 saturated heterocycles. The predicted octanol–water partition coefficient (Wildman–Crippen LogP) is 4.32. The molecule has 1 aromatic heterocycles. The van der Waals surface area contributed by atoms with E-state index >= 15 is 0 Å². The van der Waals surface area contributed by atoms with Crippen LogP contribution in [0.15, 0.2) is 42.6 Å². The van der Waals surface area contributed by atoms with Crippen LogP contribution in [0.2, 0.25) is 5.02 Å². The first-order chi connectivity index (χ1) is 8.15. The molecule has 1 heterocycles. The Balaban J connectivity index is 2.27. The van der Waals surface area contributed by atoms with E-state index in [9.17, 15) is 10.1 Å². The van der Waals surface area contributed by atoms with Crippen molar-refractivity contribution in [2.45, 2.75) is 0 Å². The molecule has 0 radical (unpaired) electrons. The zero-order valence-corrected chi connectivity index (χ0v) is 10.2. The molecule has 1 aromatic carbocycles. The number of hydrogen-bond donors (Lipinski definition) is 0. The molecule has 86 valence electrons. The predicted molar refractivity (Wildman–Crippen MR) is 70.8 cm³/mol. The van der Waals surface area contributed by atoms with Gasteiger partial charge in [0.25, 0.3) is 0 Å². The Morgan fingerprint density at radius 3 is 2.82 bits per heavy atom. The molecule has 5 heteroatoms. The van der Waals surface area contributed by atoms with Crippen LogP contribution in [-0.2, 0) is 0 Å². The molecule has 0 atom stereocenters. The van der Waals surface area contributed by atoms with Crippen LogP contribution in [-0.4, -0.2) is 4.92 Å². The van der Waals surface area contributed by atoms with E-state index in [-0.39, 0.29) is 0 Å². The van der Waals surface area contributed by atoms with Crippen LogP contribution >= 0.6 is 22.9 Å². The van der Waals surface area contributed by atoms with Gasteiger partial charge in [-0.3, -0.25) is 10.1 Å². The van der Waals surface area contributed by atoms with Crippen molar-refractivity contribution in [3.8, 4) is 10.4 Å². The molecule has 2 aromatic rings. The third-order valence-electron chi connectivity index (χ3n) is 2.10. The smallest absolute Gasteiger partial charge is 0.235 e. The summed E-state index contributed by atoms with van der Waals surface area (Å²) in [5.41, 5.74) is 1.02. The van der Waals surface area contributed by atoms with Gasteiger partial charge in [-0.15, -0.1) is 11.3 Å². The highest BCUT2D eigenvalue weighted by Crippen LogP contribution is 2.30. The van der Waals surface area contributed by atoms with E-state index in [2.05, 4.69) is 0 Å². The summed E-state index contributed by atoms with van der Waals surface area (Å²) in [5, 5.41) is 10.9. The second-order valence-electron chi connectivity index (χ2n) is 3.31. The van der Waals surface area contributed by atoms with Crippen molar-refractivity contribution in [1.29, 1.82) is 0 Å². The molecule has 2 rings (SSSR count). The van der Waals surface area contributed by atoms with Gasteiger partial charge in [0, 0.05) is 20.9 Å². The summed E-state index contributed by atoms with van der Waals surface area (Å²) in [7, 11) is 0. The molecular formula is C12H8ClNO2S. The summed E-state index contributed by atoms with van der Waals surface area (Å²) in [6, 6.07) is 11.3. The maximum Gasteiger partial charge on any atom is 0.235 e. The summed E-state index contributed by atoms with van der Waals surface area (Å²) in [4.78, 5) is 11.6. The van der Waals surface area contributed by atoms with E-state index in [0.717, 1.165) is 21.5 Å². The fourth-order valence-corrected chi connectivity index (χ4v) is 2.46. The molecule has 0 aliphatic heterocycles. The fraction of sp³-hybridized carbons (Fsp3) is 0. The van der Waals surface area contributed by atoms with E-state index in [1.807, 2.05) is 36.4 Å². The lowest BCUT2D eigenvalue weighted by atomic mass is 10.2. The van der Waals surface area contributed by atoms with Crippen LogP contribution in [0, 0.1) is 10.1 Å². The molecule has 0 fully saturated rings. The normalized spacial score (nSPS) is 10.9. The largest absolute Gasteiger partial charge is 0.259 e. The van der Waals surface area contributed by atoms with Crippen molar-refractivity contribution in [1.82, 2.24) is 0 Å². The topological polar surface area (TPSA) is 43.1 Å². The Hall–Kier alpha value is -1.65. The van der Waals surface area contributed by atoms with Gasteiger partial charge in [0.2, 0.25) is 6.20 Å². The number of nitro groups is 1. The molecule has 0 amide bonds. The van der Waals surface area contributed by atoms with Crippen molar-refractivity contribution in [2.75, 3.05) is 0 Å². The Bertz CT molecular complexity index is 577. The standard InChI is InChI=1S/C12H8ClNO2S/c13-10-3-1-2-9(8-10)12-5-4-11(17-12)6-7-14(15)16/h1-8H. The number of nitrogens with zero attached hydrogens (tertiary/aromatic N) is 1. The Labute approximate surface area is 107 Å². The molecule has 3 nitrogen and oxygen atoms in total. The molecule has 0 saturated carbocycles. The van der Waals surface area contributed by atoms with Crippen molar-refractivity contribution in [2.24, 2.45) is 0 Å². The average Bonchev–Trinajstić information content (AvgIpc) is 2.75. The van der Waals surface area contributed by atoms with Gasteiger partial charge < -0.3 is 0 Å². The van der Waals surface area contributed by atoms with Crippen molar-refractivity contribution < 1.29 is 4.92 Å². The van der Waals surface area contributed by atoms with Crippen LogP contribution < -0.4 is 0 Å². The molecule has 17 heavy (non-hydrogen) atoms. The van der Waals surface area contributed by atoms with Gasteiger partial charge in [-0.2, -0.15) is 0 Å². The first-order valence-electron chi connectivity index (χ1n) is 4.82. The summed E-state index contributed by atoms with van der Waals surface area (Å²) in [6.45, 7) is 0. The van der Waals surface area contributed by atoms with Crippen LogP contribution in [0.25, 0.3) is 16.5 Å². The molecule has 0 aliphatic carbocycles. The van der Waals surface area contributed by atoms with Gasteiger partial charge in [0.05, 0.1) is 4.92 Å². The molecule has 0 N–H and O–H groups in total. The highest BCUT2D eigenvalue weighted by molar-refractivity contribution is 7.16. The molecule has 0 aliphatic rings. The average molecular weight is 266 g/mol. The molecule has 0 spiro atoms. The van der Waals surface area contributed by atoms with Gasteiger partial charge in [0.1, 0.15) is 0 Å². The van der Waals surface area contributed by atoms with Crippen molar-refractivity contribution >= 4 is 29.0 Å². The van der Waals surface area contributed by atoms with Crippen LogP contribution in [0.4, 0.5) is 0 Å². The first-order valence-corrected chi connectivity index (χ1v) is 6.02. The van der Waals surface area contributed by atoms with E-state index in [4.69, 9.17) is 11.6 Å². The van der Waals surface area contributed by atoms with Crippen molar-refractivity contribution in [3.05, 3.63) is 62.6 Å². The molecular weight excluding hydrogens is 258 g/mol. The minimum Gasteiger partial charge on any atom is -0.259 e. The molecule has 0 bridgehead atoms. The van der Waals surface area contributed by atoms with E-state index in [1.165, 1.54) is 17.4 Å². The number of benzene rings is 1. The highest BCUT2D eigenvalue weighted by Gasteiger charge is 2.02. The number of thiophene rings is 1. The van der Waals surface area contributed by atoms with E-state index in [0.29, 0.717) is 5.02 Å². The third-order valence-corrected chi connectivity index (χ3v) is 3.43. The zero-order chi connectivity index (χ0) is 12.3. The lowest BCUT2D eigenvalue weighted by molar-refractivity contribution is -0.400. The number of halogens is 1. The van der Waals surface area contributed by atoms with Crippen LogP contribution in [0.5, 0.6) is 0 Å². The Kier molecular flexibility index (Phi) is 3.56. The maximum atomic E-state index is 10.2. The fourth-order valence-electron chi connectivity index (χ4n) is 1.37. The van der Waals surface area contributed by atoms with Crippen LogP contribution in [0.3, 0.4) is 0 Å². The highest BCUT2D eigenvalue weighted by atomic mass is 35.5. The zero-order valence-electron chi connectivity index (χ0n) is 8.67. The van der Waals surface area contributed by atoms with Gasteiger partial charge in [-0.25, -0.2) is 0 Å². The summed E-state index contributed by atoms with van der Waals surface area (Å²) in [5.74, 6) is 0. The summed E-state index contributed by atoms with van der Waals surface area (Å²) < 4.78 is 0. The van der Waals surface area contributed by atoms with Crippen LogP contribution in [0.1, 0.15) is 4.88 Å². The Morgan fingerprint density at radius 2 is 2.12 bits per heavy atom.